The van der Waals surface area contributed by atoms with Crippen molar-refractivity contribution in [3.05, 3.63) is 107 Å². The van der Waals surface area contributed by atoms with Gasteiger partial charge in [-0.25, -0.2) is 14.4 Å². The van der Waals surface area contributed by atoms with Crippen LogP contribution in [-0.4, -0.2) is 69.5 Å². The molecule has 0 saturated carbocycles. The molecular formula is C36H45N5O5. The Labute approximate surface area is 270 Å². The summed E-state index contributed by atoms with van der Waals surface area (Å²) in [7, 11) is 0. The number of likely N-dealkylation sites (tertiary alicyclic amines) is 1. The maximum absolute atomic E-state index is 13.6. The molecule has 0 aliphatic carbocycles. The number of nitrogens with zero attached hydrogens (tertiary/aromatic N) is 4. The number of aromatic nitrogens is 2. The van der Waals surface area contributed by atoms with Crippen molar-refractivity contribution >= 4 is 23.2 Å². The molecule has 4 aromatic rings. The second kappa shape index (κ2) is 15.1. The number of benzene rings is 3. The van der Waals surface area contributed by atoms with Gasteiger partial charge in [0.25, 0.3) is 0 Å². The molecule has 0 radical (unpaired) electrons. The summed E-state index contributed by atoms with van der Waals surface area (Å²) in [4.78, 5) is 42.8. The number of hydrogen-bond donors (Lipinski definition) is 1. The Bertz CT molecular complexity index is 1590. The summed E-state index contributed by atoms with van der Waals surface area (Å²) in [6, 6.07) is 28.3. The van der Waals surface area contributed by atoms with Gasteiger partial charge in [-0.05, 0) is 56.9 Å². The highest BCUT2D eigenvalue weighted by Crippen LogP contribution is 2.26. The van der Waals surface area contributed by atoms with Crippen LogP contribution >= 0.6 is 0 Å². The normalized spacial score (nSPS) is 14.0. The highest BCUT2D eigenvalue weighted by atomic mass is 16.6. The molecule has 2 heterocycles. The molecule has 1 fully saturated rings. The first-order valence-electron chi connectivity index (χ1n) is 16.1. The van der Waals surface area contributed by atoms with Crippen LogP contribution in [0.4, 0.5) is 9.59 Å². The third-order valence-electron chi connectivity index (χ3n) is 8.09. The predicted molar refractivity (Wildman–Crippen MR) is 179 cm³/mol. The summed E-state index contributed by atoms with van der Waals surface area (Å²) in [5.41, 5.74) is 3.37. The van der Waals surface area contributed by atoms with E-state index in [0.717, 1.165) is 24.1 Å². The van der Waals surface area contributed by atoms with Crippen molar-refractivity contribution in [3.63, 3.8) is 0 Å². The lowest BCUT2D eigenvalue weighted by Gasteiger charge is -2.32. The van der Waals surface area contributed by atoms with Gasteiger partial charge in [-0.15, -0.1) is 0 Å². The molecule has 1 aromatic heterocycles. The van der Waals surface area contributed by atoms with E-state index in [-0.39, 0.29) is 24.4 Å². The standard InChI is InChI=1S/C36H45N5O5/c1-36(2,3)46-33(42)37-20-23-40-31-16-10-11-17-32(31)41(34(40)43)30-18-21-39(22-19-30)35(44)45-25-24-38(26-28-12-6-4-7-13-28)27-29-14-8-5-9-15-29/h4-17,30H,18-27H2,1-3H3,(H,37,42). The minimum absolute atomic E-state index is 0.0475. The second-order valence-corrected chi connectivity index (χ2v) is 12.7. The average Bonchev–Trinajstić information content (AvgIpc) is 3.32. The number of hydrogen-bond acceptors (Lipinski definition) is 6. The van der Waals surface area contributed by atoms with E-state index in [1.807, 2.05) is 86.0 Å². The minimum atomic E-state index is -0.594. The number of fused-ring (bicyclic) bond motifs is 1. The maximum atomic E-state index is 13.6. The van der Waals surface area contributed by atoms with Crippen molar-refractivity contribution in [1.29, 1.82) is 0 Å². The van der Waals surface area contributed by atoms with Crippen LogP contribution in [0.5, 0.6) is 0 Å². The first-order valence-corrected chi connectivity index (χ1v) is 16.1. The smallest absolute Gasteiger partial charge is 0.409 e. The Hall–Kier alpha value is -4.57. The summed E-state index contributed by atoms with van der Waals surface area (Å²) in [5, 5.41) is 2.74. The average molecular weight is 628 g/mol. The number of imidazole rings is 1. The first-order chi connectivity index (χ1) is 22.2. The molecule has 3 aromatic carbocycles. The molecule has 10 nitrogen and oxygen atoms in total. The lowest BCUT2D eigenvalue weighted by atomic mass is 10.0. The first kappa shape index (κ1) is 32.8. The van der Waals surface area contributed by atoms with Gasteiger partial charge in [-0.1, -0.05) is 72.8 Å². The minimum Gasteiger partial charge on any atom is -0.448 e. The molecule has 1 saturated heterocycles. The Kier molecular flexibility index (Phi) is 10.8. The van der Waals surface area contributed by atoms with Crippen LogP contribution in [0.2, 0.25) is 0 Å². The molecule has 5 rings (SSSR count). The summed E-state index contributed by atoms with van der Waals surface area (Å²) in [5.74, 6) is 0. The number of carbonyl (C=O) groups is 2. The van der Waals surface area contributed by atoms with E-state index in [2.05, 4.69) is 34.5 Å². The molecule has 46 heavy (non-hydrogen) atoms. The number of para-hydroxylation sites is 2. The topological polar surface area (TPSA) is 98.0 Å². The molecule has 1 aliphatic rings. The fourth-order valence-corrected chi connectivity index (χ4v) is 5.94. The van der Waals surface area contributed by atoms with Gasteiger partial charge < -0.3 is 19.7 Å². The third kappa shape index (κ3) is 8.78. The Morgan fingerprint density at radius 2 is 1.41 bits per heavy atom. The number of alkyl carbamates (subject to hydrolysis) is 1. The van der Waals surface area contributed by atoms with Crippen LogP contribution in [0.1, 0.15) is 50.8 Å². The van der Waals surface area contributed by atoms with Gasteiger partial charge in [0.2, 0.25) is 0 Å². The monoisotopic (exact) mass is 627 g/mol. The summed E-state index contributed by atoms with van der Waals surface area (Å²) < 4.78 is 14.6. The van der Waals surface area contributed by atoms with Crippen molar-refractivity contribution in [3.8, 4) is 0 Å². The molecule has 1 N–H and O–H groups in total. The fraction of sp³-hybridized carbons (Fsp3) is 0.417. The van der Waals surface area contributed by atoms with Crippen LogP contribution in [0, 0.1) is 0 Å². The van der Waals surface area contributed by atoms with E-state index >= 15 is 0 Å². The maximum Gasteiger partial charge on any atom is 0.409 e. The summed E-state index contributed by atoms with van der Waals surface area (Å²) >= 11 is 0. The zero-order valence-electron chi connectivity index (χ0n) is 27.1. The Morgan fingerprint density at radius 1 is 0.848 bits per heavy atom. The zero-order valence-corrected chi connectivity index (χ0v) is 27.1. The number of rotatable bonds is 11. The third-order valence-corrected chi connectivity index (χ3v) is 8.09. The second-order valence-electron chi connectivity index (χ2n) is 12.7. The van der Waals surface area contributed by atoms with E-state index in [0.29, 0.717) is 45.6 Å². The quantitative estimate of drug-likeness (QED) is 0.226. The highest BCUT2D eigenvalue weighted by Gasteiger charge is 2.28. The molecule has 0 atom stereocenters. The van der Waals surface area contributed by atoms with Crippen molar-refractivity contribution in [2.24, 2.45) is 0 Å². The lowest BCUT2D eigenvalue weighted by Crippen LogP contribution is -2.42. The van der Waals surface area contributed by atoms with E-state index in [1.54, 1.807) is 9.47 Å². The molecule has 244 valence electrons. The van der Waals surface area contributed by atoms with Gasteiger partial charge in [0.15, 0.2) is 0 Å². The largest absolute Gasteiger partial charge is 0.448 e. The van der Waals surface area contributed by atoms with E-state index in [1.165, 1.54) is 11.1 Å². The number of amides is 2. The Morgan fingerprint density at radius 3 is 2.00 bits per heavy atom. The SMILES string of the molecule is CC(C)(C)OC(=O)NCCn1c(=O)n(C2CCN(C(=O)OCCN(Cc3ccccc3)Cc3ccccc3)CC2)c2ccccc21. The van der Waals surface area contributed by atoms with Crippen molar-refractivity contribution in [2.45, 2.75) is 64.9 Å². The predicted octanol–water partition coefficient (Wildman–Crippen LogP) is 5.80. The molecule has 10 heteroatoms. The Balaban J connectivity index is 1.15. The molecule has 2 amide bonds. The zero-order chi connectivity index (χ0) is 32.5. The van der Waals surface area contributed by atoms with Gasteiger partial charge in [0, 0.05) is 51.9 Å². The van der Waals surface area contributed by atoms with Crippen LogP contribution < -0.4 is 11.0 Å². The number of carbonyl (C=O) groups excluding carboxylic acids is 2. The lowest BCUT2D eigenvalue weighted by molar-refractivity contribution is 0.0525. The van der Waals surface area contributed by atoms with Crippen LogP contribution in [0.3, 0.4) is 0 Å². The van der Waals surface area contributed by atoms with Gasteiger partial charge >= 0.3 is 17.9 Å². The van der Waals surface area contributed by atoms with Crippen LogP contribution in [-0.2, 0) is 29.1 Å². The van der Waals surface area contributed by atoms with E-state index in [9.17, 15) is 14.4 Å². The molecule has 0 unspecified atom stereocenters. The van der Waals surface area contributed by atoms with Crippen LogP contribution in [0.15, 0.2) is 89.7 Å². The van der Waals surface area contributed by atoms with Crippen LogP contribution in [0.25, 0.3) is 11.0 Å². The van der Waals surface area contributed by atoms with E-state index < -0.39 is 11.7 Å². The molecule has 0 bridgehead atoms. The highest BCUT2D eigenvalue weighted by molar-refractivity contribution is 5.76. The van der Waals surface area contributed by atoms with Gasteiger partial charge in [-0.2, -0.15) is 0 Å². The fourth-order valence-electron chi connectivity index (χ4n) is 5.94. The van der Waals surface area contributed by atoms with Crippen molar-refractivity contribution in [1.82, 2.24) is 24.3 Å². The number of ether oxygens (including phenoxy) is 2. The summed E-state index contributed by atoms with van der Waals surface area (Å²) in [6.45, 7) is 9.46. The number of nitrogens with one attached hydrogen (secondary N) is 1. The van der Waals surface area contributed by atoms with Crippen molar-refractivity contribution < 1.29 is 19.1 Å². The molecular weight excluding hydrogens is 582 g/mol. The molecule has 1 aliphatic heterocycles. The summed E-state index contributed by atoms with van der Waals surface area (Å²) in [6.07, 6.45) is 0.463. The van der Waals surface area contributed by atoms with E-state index in [4.69, 9.17) is 9.47 Å². The van der Waals surface area contributed by atoms with Gasteiger partial charge in [0.05, 0.1) is 11.0 Å². The van der Waals surface area contributed by atoms with Crippen molar-refractivity contribution in [2.75, 3.05) is 32.8 Å². The van der Waals surface area contributed by atoms with Gasteiger partial charge in [0.1, 0.15) is 12.2 Å². The number of piperidine rings is 1. The van der Waals surface area contributed by atoms with Gasteiger partial charge in [-0.3, -0.25) is 14.0 Å². The molecule has 0 spiro atoms.